The standard InChI is InChI=1S/C13H16Cl2N2O3S/c1-21(19,20)17(8-7-16-13(18)9-5-6-9)12-10(14)3-2-4-11(12)15/h2-4,9H,5-8H2,1H3,(H,16,18). The average molecular weight is 351 g/mol. The predicted molar refractivity (Wildman–Crippen MR) is 84.4 cm³/mol. The van der Waals surface area contributed by atoms with Crippen LogP contribution in [0.1, 0.15) is 12.8 Å². The van der Waals surface area contributed by atoms with Gasteiger partial charge in [-0.2, -0.15) is 0 Å². The lowest BCUT2D eigenvalue weighted by Crippen LogP contribution is -2.38. The molecule has 0 spiro atoms. The number of hydrogen-bond donors (Lipinski definition) is 1. The van der Waals surface area contributed by atoms with E-state index in [4.69, 9.17) is 23.2 Å². The molecule has 0 saturated heterocycles. The second-order valence-corrected chi connectivity index (χ2v) is 7.69. The molecule has 5 nitrogen and oxygen atoms in total. The molecule has 8 heteroatoms. The minimum absolute atomic E-state index is 0.0336. The Balaban J connectivity index is 2.13. The first kappa shape index (κ1) is 16.4. The van der Waals surface area contributed by atoms with Gasteiger partial charge in [-0.3, -0.25) is 9.10 Å². The van der Waals surface area contributed by atoms with Crippen molar-refractivity contribution in [3.05, 3.63) is 28.2 Å². The van der Waals surface area contributed by atoms with E-state index in [0.29, 0.717) is 0 Å². The summed E-state index contributed by atoms with van der Waals surface area (Å²) in [6, 6.07) is 4.79. The summed E-state index contributed by atoms with van der Waals surface area (Å²) in [5.74, 6) is 0.0503. The molecule has 0 aromatic heterocycles. The van der Waals surface area contributed by atoms with Gasteiger partial charge in [0.1, 0.15) is 0 Å². The number of rotatable bonds is 6. The summed E-state index contributed by atoms with van der Waals surface area (Å²) in [5, 5.41) is 3.23. The van der Waals surface area contributed by atoms with Crippen LogP contribution in [0.25, 0.3) is 0 Å². The van der Waals surface area contributed by atoms with Crippen molar-refractivity contribution in [2.45, 2.75) is 12.8 Å². The van der Waals surface area contributed by atoms with Crippen molar-refractivity contribution in [2.24, 2.45) is 5.92 Å². The van der Waals surface area contributed by atoms with Crippen LogP contribution < -0.4 is 9.62 Å². The van der Waals surface area contributed by atoms with Gasteiger partial charge in [0.25, 0.3) is 0 Å². The predicted octanol–water partition coefficient (Wildman–Crippen LogP) is 2.29. The number of benzene rings is 1. The van der Waals surface area contributed by atoms with Crippen molar-refractivity contribution in [2.75, 3.05) is 23.7 Å². The fraction of sp³-hybridized carbons (Fsp3) is 0.462. The van der Waals surface area contributed by atoms with E-state index in [1.54, 1.807) is 18.2 Å². The average Bonchev–Trinajstić information content (AvgIpc) is 3.19. The van der Waals surface area contributed by atoms with Crippen molar-refractivity contribution in [3.8, 4) is 0 Å². The van der Waals surface area contributed by atoms with Crippen molar-refractivity contribution in [1.82, 2.24) is 5.32 Å². The van der Waals surface area contributed by atoms with Gasteiger partial charge in [-0.1, -0.05) is 29.3 Å². The molecule has 116 valence electrons. The highest BCUT2D eigenvalue weighted by atomic mass is 35.5. The highest BCUT2D eigenvalue weighted by Crippen LogP contribution is 2.34. The molecule has 0 aliphatic heterocycles. The van der Waals surface area contributed by atoms with E-state index in [1.165, 1.54) is 0 Å². The van der Waals surface area contributed by atoms with E-state index in [0.717, 1.165) is 23.4 Å². The normalized spacial score (nSPS) is 14.8. The molecule has 1 saturated carbocycles. The van der Waals surface area contributed by atoms with E-state index in [2.05, 4.69) is 5.32 Å². The van der Waals surface area contributed by atoms with E-state index < -0.39 is 10.0 Å². The largest absolute Gasteiger partial charge is 0.354 e. The summed E-state index contributed by atoms with van der Waals surface area (Å²) >= 11 is 12.1. The summed E-state index contributed by atoms with van der Waals surface area (Å²) in [6.45, 7) is 0.296. The summed E-state index contributed by atoms with van der Waals surface area (Å²) < 4.78 is 25.0. The molecule has 1 aliphatic carbocycles. The number of halogens is 2. The maximum atomic E-state index is 12.0. The van der Waals surface area contributed by atoms with Crippen LogP contribution in [-0.2, 0) is 14.8 Å². The van der Waals surface area contributed by atoms with Crippen LogP contribution in [0.4, 0.5) is 5.69 Å². The van der Waals surface area contributed by atoms with Crippen LogP contribution in [0, 0.1) is 5.92 Å². The third-order valence-electron chi connectivity index (χ3n) is 3.15. The molecular formula is C13H16Cl2N2O3S. The molecule has 0 bridgehead atoms. The molecule has 21 heavy (non-hydrogen) atoms. The van der Waals surface area contributed by atoms with Crippen LogP contribution in [0.3, 0.4) is 0 Å². The minimum atomic E-state index is -3.55. The van der Waals surface area contributed by atoms with E-state index in [9.17, 15) is 13.2 Å². The number of carbonyl (C=O) groups is 1. The second kappa shape index (κ2) is 6.42. The second-order valence-electron chi connectivity index (χ2n) is 4.97. The molecule has 1 N–H and O–H groups in total. The van der Waals surface area contributed by atoms with Gasteiger partial charge in [-0.15, -0.1) is 0 Å². The Labute approximate surface area is 134 Å². The summed E-state index contributed by atoms with van der Waals surface area (Å²) in [4.78, 5) is 11.6. The van der Waals surface area contributed by atoms with E-state index in [-0.39, 0.29) is 40.6 Å². The first-order valence-corrected chi connectivity index (χ1v) is 9.10. The highest BCUT2D eigenvalue weighted by molar-refractivity contribution is 7.92. The number of nitrogens with one attached hydrogen (secondary N) is 1. The number of amides is 1. The van der Waals surface area contributed by atoms with Gasteiger partial charge >= 0.3 is 0 Å². The number of para-hydroxylation sites is 1. The monoisotopic (exact) mass is 350 g/mol. The lowest BCUT2D eigenvalue weighted by atomic mass is 10.3. The number of hydrogen-bond acceptors (Lipinski definition) is 3. The fourth-order valence-corrected chi connectivity index (χ4v) is 3.59. The van der Waals surface area contributed by atoms with Crippen molar-refractivity contribution < 1.29 is 13.2 Å². The number of nitrogens with zero attached hydrogens (tertiary/aromatic N) is 1. The van der Waals surface area contributed by atoms with Gasteiger partial charge in [0.05, 0.1) is 28.5 Å². The Morgan fingerprint density at radius 3 is 2.38 bits per heavy atom. The summed E-state index contributed by atoms with van der Waals surface area (Å²) in [5.41, 5.74) is 0.240. The molecule has 1 aliphatic rings. The Kier molecular flexibility index (Phi) is 5.01. The molecule has 0 atom stereocenters. The Hall–Kier alpha value is -0.980. The molecule has 2 rings (SSSR count). The lowest BCUT2D eigenvalue weighted by molar-refractivity contribution is -0.122. The van der Waals surface area contributed by atoms with Gasteiger partial charge < -0.3 is 5.32 Å². The molecule has 0 unspecified atom stereocenters. The van der Waals surface area contributed by atoms with Crippen LogP contribution >= 0.6 is 23.2 Å². The molecule has 1 aromatic rings. The zero-order chi connectivity index (χ0) is 15.6. The van der Waals surface area contributed by atoms with Gasteiger partial charge in [0, 0.05) is 12.5 Å². The summed E-state index contributed by atoms with van der Waals surface area (Å²) in [7, 11) is -3.55. The lowest BCUT2D eigenvalue weighted by Gasteiger charge is -2.24. The third kappa shape index (κ3) is 4.25. The van der Waals surface area contributed by atoms with Gasteiger partial charge in [-0.25, -0.2) is 8.42 Å². The zero-order valence-electron chi connectivity index (χ0n) is 11.5. The van der Waals surface area contributed by atoms with Gasteiger partial charge in [0.15, 0.2) is 0 Å². The molecule has 1 fully saturated rings. The molecular weight excluding hydrogens is 335 g/mol. The third-order valence-corrected chi connectivity index (χ3v) is 4.93. The molecule has 1 aromatic carbocycles. The molecule has 1 amide bonds. The highest BCUT2D eigenvalue weighted by Gasteiger charge is 2.29. The Bertz CT molecular complexity index is 625. The van der Waals surface area contributed by atoms with Crippen molar-refractivity contribution in [1.29, 1.82) is 0 Å². The fourth-order valence-electron chi connectivity index (χ4n) is 1.94. The van der Waals surface area contributed by atoms with Crippen LogP contribution in [0.5, 0.6) is 0 Å². The topological polar surface area (TPSA) is 66.5 Å². The van der Waals surface area contributed by atoms with Gasteiger partial charge in [0.2, 0.25) is 15.9 Å². The van der Waals surface area contributed by atoms with E-state index >= 15 is 0 Å². The minimum Gasteiger partial charge on any atom is -0.354 e. The van der Waals surface area contributed by atoms with Crippen LogP contribution in [0.15, 0.2) is 18.2 Å². The molecule has 0 radical (unpaired) electrons. The smallest absolute Gasteiger partial charge is 0.232 e. The Morgan fingerprint density at radius 1 is 1.33 bits per heavy atom. The Morgan fingerprint density at radius 2 is 1.90 bits per heavy atom. The van der Waals surface area contributed by atoms with Gasteiger partial charge in [-0.05, 0) is 25.0 Å². The maximum Gasteiger partial charge on any atom is 0.232 e. The van der Waals surface area contributed by atoms with Crippen LogP contribution in [0.2, 0.25) is 10.0 Å². The van der Waals surface area contributed by atoms with Crippen molar-refractivity contribution >= 4 is 44.8 Å². The van der Waals surface area contributed by atoms with E-state index in [1.807, 2.05) is 0 Å². The number of anilines is 1. The van der Waals surface area contributed by atoms with Crippen molar-refractivity contribution in [3.63, 3.8) is 0 Å². The maximum absolute atomic E-state index is 12.0. The summed E-state index contributed by atoms with van der Waals surface area (Å²) in [6.07, 6.45) is 2.88. The zero-order valence-corrected chi connectivity index (χ0v) is 13.8. The number of carbonyl (C=O) groups excluding carboxylic acids is 1. The first-order valence-electron chi connectivity index (χ1n) is 6.50. The quantitative estimate of drug-likeness (QED) is 0.855. The van der Waals surface area contributed by atoms with Crippen LogP contribution in [-0.4, -0.2) is 33.7 Å². The first-order chi connectivity index (χ1) is 9.80. The SMILES string of the molecule is CS(=O)(=O)N(CCNC(=O)C1CC1)c1c(Cl)cccc1Cl. The number of sulfonamides is 1. The molecule has 0 heterocycles.